The normalized spacial score (nSPS) is 13.2. The number of ether oxygens (including phenoxy) is 1. The van der Waals surface area contributed by atoms with Gasteiger partial charge in [0.2, 0.25) is 11.3 Å². The Morgan fingerprint density at radius 1 is 1.03 bits per heavy atom. The van der Waals surface area contributed by atoms with E-state index in [1.54, 1.807) is 31.2 Å². The van der Waals surface area contributed by atoms with Crippen LogP contribution in [0, 0.1) is 12.7 Å². The second-order valence-corrected chi connectivity index (χ2v) is 8.44. The molecule has 0 fully saturated rings. The fraction of sp³-hybridized carbons (Fsp3) is 0.0370. The molecule has 0 saturated carbocycles. The van der Waals surface area contributed by atoms with Crippen molar-refractivity contribution in [2.24, 2.45) is 0 Å². The maximum absolute atomic E-state index is 13.3. The molecule has 38 heavy (non-hydrogen) atoms. The summed E-state index contributed by atoms with van der Waals surface area (Å²) in [5.41, 5.74) is 2.86. The quantitative estimate of drug-likeness (QED) is 0.193. The molecule has 2 aromatic heterocycles. The van der Waals surface area contributed by atoms with Crippen LogP contribution in [0.3, 0.4) is 0 Å². The van der Waals surface area contributed by atoms with Gasteiger partial charge < -0.3 is 30.4 Å². The number of nitrogens with one attached hydrogen (secondary N) is 4. The van der Waals surface area contributed by atoms with E-state index in [0.717, 1.165) is 0 Å². The summed E-state index contributed by atoms with van der Waals surface area (Å²) < 4.78 is 17.9. The molecular weight excluding hydrogens is 495 g/mol. The van der Waals surface area contributed by atoms with Gasteiger partial charge in [0, 0.05) is 41.0 Å². The monoisotopic (exact) mass is 514 g/mol. The molecule has 2 amide bonds. The van der Waals surface area contributed by atoms with Gasteiger partial charge in [-0.2, -0.15) is 0 Å². The van der Waals surface area contributed by atoms with Crippen molar-refractivity contribution in [2.75, 3.05) is 10.6 Å². The number of fused-ring (bicyclic) bond motifs is 1. The molecule has 2 aromatic carbocycles. The van der Waals surface area contributed by atoms with Crippen molar-refractivity contribution in [2.45, 2.75) is 6.92 Å². The zero-order valence-electron chi connectivity index (χ0n) is 19.7. The minimum atomic E-state index is -1.46. The van der Waals surface area contributed by atoms with Crippen molar-refractivity contribution >= 4 is 41.0 Å². The van der Waals surface area contributed by atoms with Crippen LogP contribution in [0.1, 0.15) is 27.2 Å². The lowest BCUT2D eigenvalue weighted by atomic mass is 10.0. The molecule has 0 radical (unpaired) electrons. The van der Waals surface area contributed by atoms with Crippen molar-refractivity contribution in [3.05, 3.63) is 99.3 Å². The third-order valence-electron chi connectivity index (χ3n) is 5.92. The molecule has 5 rings (SSSR count). The van der Waals surface area contributed by atoms with Gasteiger partial charge in [-0.1, -0.05) is 18.2 Å². The summed E-state index contributed by atoms with van der Waals surface area (Å²) in [7, 11) is 0. The molecule has 190 valence electrons. The maximum atomic E-state index is 13.3. The average molecular weight is 514 g/mol. The molecular formula is C27H19FN4O6. The van der Waals surface area contributed by atoms with E-state index < -0.39 is 23.3 Å². The number of pyridine rings is 1. The number of aromatic amines is 2. The standard InChI is InChI=1S/C27H19FN4O6/c1-13-8-23(38-27(36)37)31-21(13)10-18-17-7-6-16(9-22(17)32-25(18)34)30-26(35)20-12-29-11-19(24(20)33)14-2-4-15(28)5-3-14/h2-12,31H,1H3,(H,29,33)(H,30,35)(H,32,34)(H,36,37)/b18-10-. The zero-order valence-corrected chi connectivity index (χ0v) is 19.7. The van der Waals surface area contributed by atoms with Crippen LogP contribution >= 0.6 is 0 Å². The first-order valence-corrected chi connectivity index (χ1v) is 11.3. The van der Waals surface area contributed by atoms with Crippen LogP contribution in [0.2, 0.25) is 0 Å². The van der Waals surface area contributed by atoms with E-state index in [0.29, 0.717) is 39.3 Å². The molecule has 0 bridgehead atoms. The lowest BCUT2D eigenvalue weighted by Gasteiger charge is -2.08. The smallest absolute Gasteiger partial charge is 0.449 e. The SMILES string of the molecule is Cc1cc(OC(=O)O)[nH]c1/C=C1\C(=O)Nc2cc(NC(=O)c3c[nH]cc(-c4ccc(F)cc4)c3=O)ccc21. The number of amides is 2. The number of anilines is 2. The number of hydrogen-bond acceptors (Lipinski definition) is 5. The molecule has 0 unspecified atom stereocenters. The number of aromatic nitrogens is 2. The largest absolute Gasteiger partial charge is 0.512 e. The maximum Gasteiger partial charge on any atom is 0.512 e. The second kappa shape index (κ2) is 9.54. The summed E-state index contributed by atoms with van der Waals surface area (Å²) in [6, 6.07) is 11.6. The molecule has 5 N–H and O–H groups in total. The minimum Gasteiger partial charge on any atom is -0.449 e. The first kappa shape index (κ1) is 24.3. The van der Waals surface area contributed by atoms with Gasteiger partial charge in [0.1, 0.15) is 11.4 Å². The van der Waals surface area contributed by atoms with Crippen LogP contribution in [0.15, 0.2) is 65.7 Å². The fourth-order valence-electron chi connectivity index (χ4n) is 4.10. The Morgan fingerprint density at radius 2 is 1.79 bits per heavy atom. The molecule has 0 atom stereocenters. The molecule has 3 heterocycles. The Balaban J connectivity index is 1.39. The van der Waals surface area contributed by atoms with Crippen LogP contribution in [0.5, 0.6) is 5.88 Å². The summed E-state index contributed by atoms with van der Waals surface area (Å²) in [6.45, 7) is 1.73. The van der Waals surface area contributed by atoms with Crippen LogP contribution in [0.25, 0.3) is 22.8 Å². The number of benzene rings is 2. The van der Waals surface area contributed by atoms with Crippen LogP contribution in [-0.2, 0) is 4.79 Å². The van der Waals surface area contributed by atoms with Gasteiger partial charge >= 0.3 is 6.16 Å². The van der Waals surface area contributed by atoms with Gasteiger partial charge in [-0.25, -0.2) is 9.18 Å². The molecule has 0 saturated heterocycles. The summed E-state index contributed by atoms with van der Waals surface area (Å²) in [6.07, 6.45) is 2.83. The van der Waals surface area contributed by atoms with E-state index in [4.69, 9.17) is 5.11 Å². The molecule has 1 aliphatic heterocycles. The number of carbonyl (C=O) groups is 3. The van der Waals surface area contributed by atoms with E-state index in [1.807, 2.05) is 0 Å². The fourth-order valence-corrected chi connectivity index (χ4v) is 4.10. The number of carbonyl (C=O) groups excluding carboxylic acids is 2. The summed E-state index contributed by atoms with van der Waals surface area (Å²) >= 11 is 0. The van der Waals surface area contributed by atoms with E-state index in [1.165, 1.54) is 42.7 Å². The lowest BCUT2D eigenvalue weighted by molar-refractivity contribution is -0.110. The average Bonchev–Trinajstić information content (AvgIpc) is 3.37. The summed E-state index contributed by atoms with van der Waals surface area (Å²) in [5, 5.41) is 14.2. The van der Waals surface area contributed by atoms with Crippen molar-refractivity contribution in [1.29, 1.82) is 0 Å². The van der Waals surface area contributed by atoms with Crippen molar-refractivity contribution in [1.82, 2.24) is 9.97 Å². The first-order chi connectivity index (χ1) is 18.2. The van der Waals surface area contributed by atoms with E-state index in [2.05, 4.69) is 25.3 Å². The van der Waals surface area contributed by atoms with Gasteiger partial charge in [0.15, 0.2) is 0 Å². The highest BCUT2D eigenvalue weighted by Crippen LogP contribution is 2.35. The van der Waals surface area contributed by atoms with Gasteiger partial charge in [-0.3, -0.25) is 14.4 Å². The number of H-pyrrole nitrogens is 2. The zero-order chi connectivity index (χ0) is 27.0. The van der Waals surface area contributed by atoms with Crippen LogP contribution < -0.4 is 20.8 Å². The van der Waals surface area contributed by atoms with Crippen molar-refractivity contribution in [3.8, 4) is 17.0 Å². The number of rotatable bonds is 5. The lowest BCUT2D eigenvalue weighted by Crippen LogP contribution is -2.22. The predicted octanol–water partition coefficient (Wildman–Crippen LogP) is 4.62. The third-order valence-corrected chi connectivity index (χ3v) is 5.92. The Hall–Kier alpha value is -5.45. The Kier molecular flexibility index (Phi) is 6.09. The molecule has 11 heteroatoms. The highest BCUT2D eigenvalue weighted by atomic mass is 19.1. The topological polar surface area (TPSA) is 153 Å². The second-order valence-electron chi connectivity index (χ2n) is 8.44. The predicted molar refractivity (Wildman–Crippen MR) is 138 cm³/mol. The molecule has 0 spiro atoms. The Labute approximate surface area is 213 Å². The molecule has 4 aromatic rings. The number of carboxylic acid groups (broad SMARTS) is 1. The van der Waals surface area contributed by atoms with Crippen LogP contribution in [0.4, 0.5) is 20.6 Å². The Bertz CT molecular complexity index is 1700. The van der Waals surface area contributed by atoms with Crippen molar-refractivity contribution in [3.63, 3.8) is 0 Å². The van der Waals surface area contributed by atoms with Crippen molar-refractivity contribution < 1.29 is 28.6 Å². The highest BCUT2D eigenvalue weighted by Gasteiger charge is 2.25. The van der Waals surface area contributed by atoms with E-state index in [-0.39, 0.29) is 22.9 Å². The first-order valence-electron chi connectivity index (χ1n) is 11.3. The molecule has 10 nitrogen and oxygen atoms in total. The van der Waals surface area contributed by atoms with Gasteiger partial charge in [0.05, 0.1) is 11.3 Å². The van der Waals surface area contributed by atoms with E-state index >= 15 is 0 Å². The third kappa shape index (κ3) is 4.67. The summed E-state index contributed by atoms with van der Waals surface area (Å²) in [4.78, 5) is 54.9. The number of hydrogen-bond donors (Lipinski definition) is 5. The van der Waals surface area contributed by atoms with Gasteiger partial charge in [0.25, 0.3) is 11.8 Å². The molecule has 1 aliphatic rings. The van der Waals surface area contributed by atoms with Gasteiger partial charge in [-0.15, -0.1) is 0 Å². The summed E-state index contributed by atoms with van der Waals surface area (Å²) in [5.74, 6) is -1.47. The number of aryl methyl sites for hydroxylation is 1. The van der Waals surface area contributed by atoms with Gasteiger partial charge in [-0.05, 0) is 48.4 Å². The van der Waals surface area contributed by atoms with Crippen LogP contribution in [-0.4, -0.2) is 33.0 Å². The highest BCUT2D eigenvalue weighted by molar-refractivity contribution is 6.35. The molecule has 0 aliphatic carbocycles. The Morgan fingerprint density at radius 3 is 2.53 bits per heavy atom. The van der Waals surface area contributed by atoms with E-state index in [9.17, 15) is 23.6 Å². The minimum absolute atomic E-state index is 0.0250. The number of halogens is 1.